The zero-order valence-electron chi connectivity index (χ0n) is 8.32. The van der Waals surface area contributed by atoms with E-state index in [1.165, 1.54) is 10.8 Å². The first kappa shape index (κ1) is 9.97. The van der Waals surface area contributed by atoms with Gasteiger partial charge in [0, 0.05) is 18.8 Å². The van der Waals surface area contributed by atoms with Gasteiger partial charge in [-0.2, -0.15) is 0 Å². The molecule has 0 bridgehead atoms. The highest BCUT2D eigenvalue weighted by Gasteiger charge is 2.15. The van der Waals surface area contributed by atoms with E-state index >= 15 is 0 Å². The van der Waals surface area contributed by atoms with Gasteiger partial charge in [-0.1, -0.05) is 0 Å². The van der Waals surface area contributed by atoms with Crippen LogP contribution in [-0.2, 0) is 6.54 Å². The van der Waals surface area contributed by atoms with E-state index in [-0.39, 0.29) is 5.69 Å². The number of H-pyrrole nitrogens is 1. The van der Waals surface area contributed by atoms with E-state index in [2.05, 4.69) is 10.3 Å². The smallest absolute Gasteiger partial charge is 0.328 e. The van der Waals surface area contributed by atoms with Crippen molar-refractivity contribution in [3.63, 3.8) is 0 Å². The summed E-state index contributed by atoms with van der Waals surface area (Å²) in [6.45, 7) is 1.54. The second-order valence-corrected chi connectivity index (χ2v) is 3.79. The molecule has 1 aromatic rings. The monoisotopic (exact) mass is 210 g/mol. The largest absolute Gasteiger partial charge is 0.393 e. The maximum Gasteiger partial charge on any atom is 0.328 e. The van der Waals surface area contributed by atoms with Gasteiger partial charge in [-0.25, -0.2) is 4.79 Å². The Morgan fingerprint density at radius 1 is 1.53 bits per heavy atom. The Labute approximate surface area is 86.1 Å². The van der Waals surface area contributed by atoms with Gasteiger partial charge in [0.25, 0.3) is 5.56 Å². The van der Waals surface area contributed by atoms with Gasteiger partial charge in [-0.05, 0) is 19.4 Å². The van der Waals surface area contributed by atoms with E-state index in [1.54, 1.807) is 0 Å². The summed E-state index contributed by atoms with van der Waals surface area (Å²) in [7, 11) is 0. The van der Waals surface area contributed by atoms with Crippen molar-refractivity contribution in [2.75, 3.05) is 12.3 Å². The van der Waals surface area contributed by atoms with Gasteiger partial charge in [0.15, 0.2) is 0 Å². The maximum atomic E-state index is 11.4. The van der Waals surface area contributed by atoms with Gasteiger partial charge in [0.1, 0.15) is 5.69 Å². The Hall–Kier alpha value is -1.56. The summed E-state index contributed by atoms with van der Waals surface area (Å²) in [4.78, 5) is 24.6. The summed E-state index contributed by atoms with van der Waals surface area (Å²) in [5, 5.41) is 3.27. The lowest BCUT2D eigenvalue weighted by molar-refractivity contribution is 0.493. The number of rotatable bonds is 2. The average Bonchev–Trinajstić information content (AvgIpc) is 2.67. The summed E-state index contributed by atoms with van der Waals surface area (Å²) < 4.78 is 1.44. The lowest BCUT2D eigenvalue weighted by Gasteiger charge is -2.11. The van der Waals surface area contributed by atoms with E-state index in [9.17, 15) is 9.59 Å². The van der Waals surface area contributed by atoms with E-state index in [1.807, 2.05) is 0 Å². The Balaban J connectivity index is 2.24. The van der Waals surface area contributed by atoms with E-state index in [0.717, 1.165) is 19.4 Å². The number of hydrogen-bond donors (Lipinski definition) is 3. The molecule has 1 aliphatic rings. The minimum absolute atomic E-state index is 0.0765. The second kappa shape index (κ2) is 3.90. The standard InChI is InChI=1S/C9H14N4O2/c10-7-5-13(9(15)12-8(7)14)4-6-2-1-3-11-6/h5-6,11H,1-4,10H2,(H,12,14,15). The van der Waals surface area contributed by atoms with Gasteiger partial charge in [-0.3, -0.25) is 14.3 Å². The van der Waals surface area contributed by atoms with Crippen LogP contribution < -0.4 is 22.3 Å². The first-order chi connectivity index (χ1) is 7.16. The average molecular weight is 210 g/mol. The molecule has 1 fully saturated rings. The summed E-state index contributed by atoms with van der Waals surface area (Å²) in [5.41, 5.74) is 4.60. The number of nitrogens with zero attached hydrogens (tertiary/aromatic N) is 1. The van der Waals surface area contributed by atoms with E-state index in [0.29, 0.717) is 12.6 Å². The van der Waals surface area contributed by atoms with Crippen LogP contribution in [0.2, 0.25) is 0 Å². The molecular formula is C9H14N4O2. The highest BCUT2D eigenvalue weighted by Crippen LogP contribution is 2.06. The molecule has 0 aromatic carbocycles. The molecule has 1 unspecified atom stereocenters. The Kier molecular flexibility index (Phi) is 2.59. The molecule has 4 N–H and O–H groups in total. The maximum absolute atomic E-state index is 11.4. The minimum Gasteiger partial charge on any atom is -0.393 e. The van der Waals surface area contributed by atoms with Crippen molar-refractivity contribution >= 4 is 5.69 Å². The molecule has 15 heavy (non-hydrogen) atoms. The molecule has 0 amide bonds. The number of anilines is 1. The van der Waals surface area contributed by atoms with Crippen LogP contribution in [0.25, 0.3) is 0 Å². The van der Waals surface area contributed by atoms with Gasteiger partial charge in [0.2, 0.25) is 0 Å². The van der Waals surface area contributed by atoms with Crippen LogP contribution in [0.3, 0.4) is 0 Å². The number of nitrogens with two attached hydrogens (primary N) is 1. The third-order valence-electron chi connectivity index (χ3n) is 2.62. The number of nitrogens with one attached hydrogen (secondary N) is 2. The van der Waals surface area contributed by atoms with Crippen molar-refractivity contribution in [3.05, 3.63) is 27.0 Å². The van der Waals surface area contributed by atoms with Crippen molar-refractivity contribution in [1.82, 2.24) is 14.9 Å². The fourth-order valence-electron chi connectivity index (χ4n) is 1.81. The topological polar surface area (TPSA) is 92.9 Å². The molecule has 6 heteroatoms. The minimum atomic E-state index is -0.518. The lowest BCUT2D eigenvalue weighted by Crippen LogP contribution is -2.36. The van der Waals surface area contributed by atoms with Gasteiger partial charge in [-0.15, -0.1) is 0 Å². The zero-order chi connectivity index (χ0) is 10.8. The van der Waals surface area contributed by atoms with E-state index in [4.69, 9.17) is 5.73 Å². The molecule has 1 atom stereocenters. The predicted octanol–water partition coefficient (Wildman–Crippen LogP) is -1.13. The third-order valence-corrected chi connectivity index (χ3v) is 2.62. The van der Waals surface area contributed by atoms with Crippen LogP contribution in [0.5, 0.6) is 0 Å². The summed E-state index contributed by atoms with van der Waals surface area (Å²) in [6, 6.07) is 0.299. The van der Waals surface area contributed by atoms with Gasteiger partial charge >= 0.3 is 5.69 Å². The molecule has 1 saturated heterocycles. The van der Waals surface area contributed by atoms with Crippen molar-refractivity contribution in [1.29, 1.82) is 0 Å². The molecule has 0 aliphatic carbocycles. The van der Waals surface area contributed by atoms with Crippen molar-refractivity contribution in [3.8, 4) is 0 Å². The zero-order valence-corrected chi connectivity index (χ0v) is 8.32. The summed E-state index contributed by atoms with van der Waals surface area (Å²) in [6.07, 6.45) is 3.57. The molecule has 1 aliphatic heterocycles. The number of aromatic nitrogens is 2. The lowest BCUT2D eigenvalue weighted by atomic mass is 10.2. The molecule has 2 heterocycles. The third kappa shape index (κ3) is 2.10. The second-order valence-electron chi connectivity index (χ2n) is 3.79. The van der Waals surface area contributed by atoms with Crippen molar-refractivity contribution in [2.45, 2.75) is 25.4 Å². The summed E-state index contributed by atoms with van der Waals surface area (Å²) >= 11 is 0. The molecule has 6 nitrogen and oxygen atoms in total. The quantitative estimate of drug-likeness (QED) is 0.576. The molecule has 0 saturated carbocycles. The van der Waals surface area contributed by atoms with Crippen molar-refractivity contribution in [2.24, 2.45) is 0 Å². The Morgan fingerprint density at radius 3 is 3.00 bits per heavy atom. The molecule has 0 radical (unpaired) electrons. The Bertz CT molecular complexity index is 456. The van der Waals surface area contributed by atoms with Crippen molar-refractivity contribution < 1.29 is 0 Å². The van der Waals surface area contributed by atoms with Gasteiger partial charge < -0.3 is 11.1 Å². The summed E-state index contributed by atoms with van der Waals surface area (Å²) in [5.74, 6) is 0. The Morgan fingerprint density at radius 2 is 2.33 bits per heavy atom. The van der Waals surface area contributed by atoms with Crippen LogP contribution in [0, 0.1) is 0 Å². The highest BCUT2D eigenvalue weighted by atomic mass is 16.2. The highest BCUT2D eigenvalue weighted by molar-refractivity contribution is 5.30. The molecular weight excluding hydrogens is 196 g/mol. The fraction of sp³-hybridized carbons (Fsp3) is 0.556. The first-order valence-corrected chi connectivity index (χ1v) is 4.99. The van der Waals surface area contributed by atoms with Crippen LogP contribution in [0.4, 0.5) is 5.69 Å². The first-order valence-electron chi connectivity index (χ1n) is 4.99. The van der Waals surface area contributed by atoms with E-state index < -0.39 is 11.2 Å². The normalized spacial score (nSPS) is 20.7. The van der Waals surface area contributed by atoms with Crippen LogP contribution >= 0.6 is 0 Å². The molecule has 1 aromatic heterocycles. The molecule has 82 valence electrons. The molecule has 2 rings (SSSR count). The van der Waals surface area contributed by atoms with Crippen LogP contribution in [-0.4, -0.2) is 22.1 Å². The SMILES string of the molecule is Nc1cn(CC2CCCN2)c(=O)[nH]c1=O. The number of aromatic amines is 1. The van der Waals surface area contributed by atoms with Gasteiger partial charge in [0.05, 0.1) is 0 Å². The van der Waals surface area contributed by atoms with Crippen LogP contribution in [0.1, 0.15) is 12.8 Å². The molecule has 0 spiro atoms. The predicted molar refractivity (Wildman–Crippen MR) is 56.8 cm³/mol. The number of hydrogen-bond acceptors (Lipinski definition) is 4. The van der Waals surface area contributed by atoms with Crippen LogP contribution in [0.15, 0.2) is 15.8 Å². The fourth-order valence-corrected chi connectivity index (χ4v) is 1.81. The number of nitrogen functional groups attached to an aromatic ring is 1.